The van der Waals surface area contributed by atoms with Crippen molar-refractivity contribution < 1.29 is 4.74 Å². The fourth-order valence-corrected chi connectivity index (χ4v) is 3.49. The van der Waals surface area contributed by atoms with E-state index in [1.54, 1.807) is 11.8 Å². The highest BCUT2D eigenvalue weighted by molar-refractivity contribution is 7.99. The van der Waals surface area contributed by atoms with Crippen molar-refractivity contribution in [3.8, 4) is 0 Å². The molecule has 1 aliphatic rings. The van der Waals surface area contributed by atoms with Crippen molar-refractivity contribution in [2.45, 2.75) is 44.7 Å². The Morgan fingerprint density at radius 3 is 2.43 bits per heavy atom. The van der Waals surface area contributed by atoms with Crippen molar-refractivity contribution in [1.82, 2.24) is 14.9 Å². The van der Waals surface area contributed by atoms with Crippen molar-refractivity contribution in [3.63, 3.8) is 0 Å². The monoisotopic (exact) mass is 309 g/mol. The molecule has 21 heavy (non-hydrogen) atoms. The Bertz CT molecular complexity index is 402. The predicted octanol–water partition coefficient (Wildman–Crippen LogP) is 3.08. The van der Waals surface area contributed by atoms with Gasteiger partial charge in [0, 0.05) is 30.2 Å². The summed E-state index contributed by atoms with van der Waals surface area (Å²) in [7, 11) is 0. The van der Waals surface area contributed by atoms with Crippen LogP contribution in [0.2, 0.25) is 0 Å². The summed E-state index contributed by atoms with van der Waals surface area (Å²) in [6.07, 6.45) is 5.20. The van der Waals surface area contributed by atoms with Crippen LogP contribution in [0.25, 0.3) is 0 Å². The first kappa shape index (κ1) is 16.7. The first-order valence-corrected chi connectivity index (χ1v) is 8.98. The smallest absolute Gasteiger partial charge is 0.187 e. The van der Waals surface area contributed by atoms with E-state index in [4.69, 9.17) is 4.74 Å². The van der Waals surface area contributed by atoms with Crippen LogP contribution in [0.3, 0.4) is 0 Å². The number of aryl methyl sites for hydroxylation is 2. The van der Waals surface area contributed by atoms with E-state index in [1.807, 2.05) is 19.9 Å². The number of hydrogen-bond donors (Lipinski definition) is 0. The summed E-state index contributed by atoms with van der Waals surface area (Å²) in [5.41, 5.74) is 2.13. The van der Waals surface area contributed by atoms with Gasteiger partial charge in [0.25, 0.3) is 0 Å². The predicted molar refractivity (Wildman–Crippen MR) is 88.0 cm³/mol. The SMILES string of the molecule is Cc1cc(C)nc(SCCCCCCN2CCOCC2)n1. The van der Waals surface area contributed by atoms with Crippen molar-refractivity contribution in [2.75, 3.05) is 38.6 Å². The molecule has 0 saturated carbocycles. The highest BCUT2D eigenvalue weighted by Gasteiger charge is 2.08. The molecule has 0 spiro atoms. The van der Waals surface area contributed by atoms with E-state index in [0.717, 1.165) is 48.6 Å². The molecule has 1 aliphatic heterocycles. The molecule has 0 radical (unpaired) electrons. The Balaban J connectivity index is 1.49. The summed E-state index contributed by atoms with van der Waals surface area (Å²) in [4.78, 5) is 11.4. The Morgan fingerprint density at radius 1 is 1.05 bits per heavy atom. The van der Waals surface area contributed by atoms with Gasteiger partial charge in [-0.05, 0) is 39.3 Å². The van der Waals surface area contributed by atoms with Gasteiger partial charge >= 0.3 is 0 Å². The summed E-state index contributed by atoms with van der Waals surface area (Å²) in [5.74, 6) is 1.13. The molecule has 5 heteroatoms. The van der Waals surface area contributed by atoms with Crippen LogP contribution in [0.4, 0.5) is 0 Å². The molecular formula is C16H27N3OS. The van der Waals surface area contributed by atoms with Crippen molar-refractivity contribution in [3.05, 3.63) is 17.5 Å². The summed E-state index contributed by atoms with van der Waals surface area (Å²) in [5, 5.41) is 0.931. The van der Waals surface area contributed by atoms with E-state index >= 15 is 0 Å². The van der Waals surface area contributed by atoms with Crippen LogP contribution in [-0.4, -0.2) is 53.5 Å². The molecule has 118 valence electrons. The Labute approximate surface area is 132 Å². The molecule has 0 amide bonds. The third-order valence-electron chi connectivity index (χ3n) is 3.67. The number of rotatable bonds is 8. The number of hydrogen-bond acceptors (Lipinski definition) is 5. The van der Waals surface area contributed by atoms with Crippen molar-refractivity contribution >= 4 is 11.8 Å². The molecule has 2 rings (SSSR count). The van der Waals surface area contributed by atoms with Crippen molar-refractivity contribution in [2.24, 2.45) is 0 Å². The molecule has 4 nitrogen and oxygen atoms in total. The maximum Gasteiger partial charge on any atom is 0.187 e. The third kappa shape index (κ3) is 6.76. The topological polar surface area (TPSA) is 38.2 Å². The molecular weight excluding hydrogens is 282 g/mol. The van der Waals surface area contributed by atoms with Crippen LogP contribution in [-0.2, 0) is 4.74 Å². The minimum Gasteiger partial charge on any atom is -0.379 e. The Kier molecular flexibility index (Phi) is 7.47. The van der Waals surface area contributed by atoms with Gasteiger partial charge in [0.05, 0.1) is 13.2 Å². The quantitative estimate of drug-likeness (QED) is 0.419. The Hall–Kier alpha value is -0.650. The second-order valence-corrected chi connectivity index (χ2v) is 6.71. The van der Waals surface area contributed by atoms with Gasteiger partial charge in [-0.15, -0.1) is 0 Å². The van der Waals surface area contributed by atoms with Gasteiger partial charge in [0.1, 0.15) is 0 Å². The normalized spacial score (nSPS) is 16.3. The standard InChI is InChI=1S/C16H27N3OS/c1-14-13-15(2)18-16(17-14)21-12-6-4-3-5-7-19-8-10-20-11-9-19/h13H,3-12H2,1-2H3. The van der Waals surface area contributed by atoms with E-state index in [-0.39, 0.29) is 0 Å². The zero-order chi connectivity index (χ0) is 14.9. The number of morpholine rings is 1. The van der Waals surface area contributed by atoms with Gasteiger partial charge in [-0.1, -0.05) is 24.6 Å². The molecule has 1 saturated heterocycles. The van der Waals surface area contributed by atoms with E-state index < -0.39 is 0 Å². The van der Waals surface area contributed by atoms with Crippen LogP contribution in [0.15, 0.2) is 11.2 Å². The average molecular weight is 309 g/mol. The van der Waals surface area contributed by atoms with Gasteiger partial charge in [0.2, 0.25) is 0 Å². The largest absolute Gasteiger partial charge is 0.379 e. The minimum atomic E-state index is 0.909. The van der Waals surface area contributed by atoms with Crippen LogP contribution in [0.5, 0.6) is 0 Å². The lowest BCUT2D eigenvalue weighted by Crippen LogP contribution is -2.36. The number of ether oxygens (including phenoxy) is 1. The fourth-order valence-electron chi connectivity index (χ4n) is 2.54. The average Bonchev–Trinajstić information content (AvgIpc) is 2.46. The second-order valence-electron chi connectivity index (χ2n) is 5.65. The molecule has 0 bridgehead atoms. The number of unbranched alkanes of at least 4 members (excludes halogenated alkanes) is 3. The van der Waals surface area contributed by atoms with E-state index in [0.29, 0.717) is 0 Å². The van der Waals surface area contributed by atoms with Gasteiger partial charge in [0.15, 0.2) is 5.16 Å². The molecule has 1 aromatic rings. The molecule has 0 atom stereocenters. The van der Waals surface area contributed by atoms with Crippen LogP contribution < -0.4 is 0 Å². The highest BCUT2D eigenvalue weighted by Crippen LogP contribution is 2.16. The molecule has 1 fully saturated rings. The lowest BCUT2D eigenvalue weighted by Gasteiger charge is -2.26. The van der Waals surface area contributed by atoms with Gasteiger partial charge in [-0.25, -0.2) is 9.97 Å². The molecule has 1 aromatic heterocycles. The summed E-state index contributed by atoms with van der Waals surface area (Å²) in [6.45, 7) is 9.34. The third-order valence-corrected chi connectivity index (χ3v) is 4.60. The minimum absolute atomic E-state index is 0.909. The van der Waals surface area contributed by atoms with E-state index in [1.165, 1.54) is 32.2 Å². The first-order valence-electron chi connectivity index (χ1n) is 7.99. The van der Waals surface area contributed by atoms with Crippen LogP contribution in [0, 0.1) is 13.8 Å². The lowest BCUT2D eigenvalue weighted by atomic mass is 10.2. The lowest BCUT2D eigenvalue weighted by molar-refractivity contribution is 0.0371. The van der Waals surface area contributed by atoms with Crippen molar-refractivity contribution in [1.29, 1.82) is 0 Å². The molecule has 2 heterocycles. The maximum absolute atomic E-state index is 5.36. The first-order chi connectivity index (χ1) is 10.2. The summed E-state index contributed by atoms with van der Waals surface area (Å²) in [6, 6.07) is 2.02. The summed E-state index contributed by atoms with van der Waals surface area (Å²) < 4.78 is 5.36. The molecule has 0 aliphatic carbocycles. The number of nitrogens with zero attached hydrogens (tertiary/aromatic N) is 3. The fraction of sp³-hybridized carbons (Fsp3) is 0.750. The highest BCUT2D eigenvalue weighted by atomic mass is 32.2. The van der Waals surface area contributed by atoms with Gasteiger partial charge < -0.3 is 4.74 Å². The van der Waals surface area contributed by atoms with Gasteiger partial charge in [-0.3, -0.25) is 4.90 Å². The molecule has 0 N–H and O–H groups in total. The van der Waals surface area contributed by atoms with E-state index in [9.17, 15) is 0 Å². The maximum atomic E-state index is 5.36. The summed E-state index contributed by atoms with van der Waals surface area (Å²) >= 11 is 1.79. The number of aromatic nitrogens is 2. The number of thioether (sulfide) groups is 1. The van der Waals surface area contributed by atoms with E-state index in [2.05, 4.69) is 14.9 Å². The van der Waals surface area contributed by atoms with Crippen LogP contribution in [0.1, 0.15) is 37.1 Å². The zero-order valence-corrected chi connectivity index (χ0v) is 14.1. The van der Waals surface area contributed by atoms with Gasteiger partial charge in [-0.2, -0.15) is 0 Å². The Morgan fingerprint density at radius 2 is 1.71 bits per heavy atom. The van der Waals surface area contributed by atoms with Crippen LogP contribution >= 0.6 is 11.8 Å². The second kappa shape index (κ2) is 9.38. The molecule has 0 aromatic carbocycles. The zero-order valence-electron chi connectivity index (χ0n) is 13.3. The molecule has 0 unspecified atom stereocenters.